The summed E-state index contributed by atoms with van der Waals surface area (Å²) >= 11 is 7.85. The average molecular weight is 495 g/mol. The average Bonchev–Trinajstić information content (AvgIpc) is 2.82. The molecule has 0 bridgehead atoms. The highest BCUT2D eigenvalue weighted by Crippen LogP contribution is 2.21. The zero-order valence-electron chi connectivity index (χ0n) is 19.6. The molecular weight excluding hydrogens is 464 g/mol. The molecule has 0 spiro atoms. The van der Waals surface area contributed by atoms with Crippen molar-refractivity contribution in [2.75, 3.05) is 5.75 Å². The largest absolute Gasteiger partial charge is 0.352 e. The lowest BCUT2D eigenvalue weighted by atomic mass is 10.0. The van der Waals surface area contributed by atoms with Gasteiger partial charge in [-0.3, -0.25) is 9.59 Å². The van der Waals surface area contributed by atoms with Crippen LogP contribution in [0, 0.1) is 0 Å². The van der Waals surface area contributed by atoms with Crippen LogP contribution in [0.2, 0.25) is 5.02 Å². The van der Waals surface area contributed by atoms with Crippen LogP contribution in [0.4, 0.5) is 0 Å². The van der Waals surface area contributed by atoms with Gasteiger partial charge in [-0.1, -0.05) is 72.3 Å². The summed E-state index contributed by atoms with van der Waals surface area (Å²) in [5, 5.41) is 3.62. The fraction of sp³-hybridized carbons (Fsp3) is 0.286. The Morgan fingerprint density at radius 2 is 1.56 bits per heavy atom. The van der Waals surface area contributed by atoms with Crippen LogP contribution < -0.4 is 5.32 Å². The van der Waals surface area contributed by atoms with Crippen LogP contribution in [0.15, 0.2) is 89.8 Å². The lowest BCUT2D eigenvalue weighted by molar-refractivity contribution is -0.141. The molecule has 2 amide bonds. The van der Waals surface area contributed by atoms with E-state index in [0.717, 1.165) is 16.0 Å². The van der Waals surface area contributed by atoms with Crippen LogP contribution in [0.5, 0.6) is 0 Å². The van der Waals surface area contributed by atoms with Gasteiger partial charge in [0.1, 0.15) is 6.04 Å². The number of halogens is 1. The molecule has 178 valence electrons. The Morgan fingerprint density at radius 1 is 0.912 bits per heavy atom. The minimum atomic E-state index is -0.627. The van der Waals surface area contributed by atoms with Gasteiger partial charge in [0.15, 0.2) is 0 Å². The summed E-state index contributed by atoms with van der Waals surface area (Å²) < 4.78 is 0. The smallest absolute Gasteiger partial charge is 0.243 e. The highest BCUT2D eigenvalue weighted by Gasteiger charge is 2.30. The van der Waals surface area contributed by atoms with E-state index in [4.69, 9.17) is 11.6 Å². The fourth-order valence-corrected chi connectivity index (χ4v) is 4.76. The van der Waals surface area contributed by atoms with Crippen LogP contribution >= 0.6 is 23.4 Å². The van der Waals surface area contributed by atoms with Crippen LogP contribution in [0.1, 0.15) is 31.4 Å². The first-order valence-electron chi connectivity index (χ1n) is 11.5. The molecule has 0 radical (unpaired) electrons. The van der Waals surface area contributed by atoms with Crippen molar-refractivity contribution in [1.82, 2.24) is 10.2 Å². The zero-order chi connectivity index (χ0) is 24.3. The van der Waals surface area contributed by atoms with E-state index in [1.807, 2.05) is 92.7 Å². The maximum Gasteiger partial charge on any atom is 0.243 e. The Kier molecular flexibility index (Phi) is 10.0. The SMILES string of the molecule is CC(C)NC(=O)[C@H](Cc1ccccc1)N(Cc1cccc(Cl)c1)C(=O)CCSc1ccccc1. The van der Waals surface area contributed by atoms with Gasteiger partial charge < -0.3 is 10.2 Å². The number of thioether (sulfide) groups is 1. The number of benzene rings is 3. The number of rotatable bonds is 11. The molecule has 3 aromatic rings. The lowest BCUT2D eigenvalue weighted by Crippen LogP contribution is -2.51. The van der Waals surface area contributed by atoms with Gasteiger partial charge >= 0.3 is 0 Å². The third kappa shape index (κ3) is 8.23. The van der Waals surface area contributed by atoms with Crippen molar-refractivity contribution in [3.05, 3.63) is 101 Å². The molecule has 6 heteroatoms. The second-order valence-electron chi connectivity index (χ2n) is 8.43. The molecule has 3 aromatic carbocycles. The highest BCUT2D eigenvalue weighted by atomic mass is 35.5. The lowest BCUT2D eigenvalue weighted by Gasteiger charge is -2.32. The van der Waals surface area contributed by atoms with E-state index in [1.165, 1.54) is 0 Å². The summed E-state index contributed by atoms with van der Waals surface area (Å²) in [6.07, 6.45) is 0.776. The number of hydrogen-bond acceptors (Lipinski definition) is 3. The van der Waals surface area contributed by atoms with Crippen molar-refractivity contribution in [3.8, 4) is 0 Å². The number of nitrogens with one attached hydrogen (secondary N) is 1. The van der Waals surface area contributed by atoms with Crippen molar-refractivity contribution in [1.29, 1.82) is 0 Å². The normalized spacial score (nSPS) is 11.8. The van der Waals surface area contributed by atoms with Gasteiger partial charge in [-0.15, -0.1) is 11.8 Å². The highest BCUT2D eigenvalue weighted by molar-refractivity contribution is 7.99. The molecule has 0 aliphatic heterocycles. The Balaban J connectivity index is 1.85. The second kappa shape index (κ2) is 13.2. The predicted octanol–water partition coefficient (Wildman–Crippen LogP) is 5.99. The summed E-state index contributed by atoms with van der Waals surface area (Å²) in [6, 6.07) is 26.7. The third-order valence-corrected chi connectivity index (χ3v) is 6.52. The maximum absolute atomic E-state index is 13.5. The van der Waals surface area contributed by atoms with Gasteiger partial charge in [0.25, 0.3) is 0 Å². The number of nitrogens with zero attached hydrogens (tertiary/aromatic N) is 1. The van der Waals surface area contributed by atoms with Crippen molar-refractivity contribution in [2.45, 2.75) is 50.2 Å². The van der Waals surface area contributed by atoms with E-state index in [9.17, 15) is 9.59 Å². The Morgan fingerprint density at radius 3 is 2.21 bits per heavy atom. The first kappa shape index (κ1) is 25.9. The summed E-state index contributed by atoms with van der Waals surface area (Å²) in [5.41, 5.74) is 1.90. The molecule has 0 aliphatic rings. The second-order valence-corrected chi connectivity index (χ2v) is 10.0. The van der Waals surface area contributed by atoms with E-state index in [1.54, 1.807) is 22.7 Å². The molecule has 0 heterocycles. The van der Waals surface area contributed by atoms with Crippen molar-refractivity contribution < 1.29 is 9.59 Å². The zero-order valence-corrected chi connectivity index (χ0v) is 21.2. The quantitative estimate of drug-likeness (QED) is 0.333. The van der Waals surface area contributed by atoms with Gasteiger partial charge in [0.2, 0.25) is 11.8 Å². The van der Waals surface area contributed by atoms with Gasteiger partial charge in [-0.25, -0.2) is 0 Å². The molecule has 0 unspecified atom stereocenters. The summed E-state index contributed by atoms with van der Waals surface area (Å²) in [7, 11) is 0. The van der Waals surface area contributed by atoms with E-state index in [2.05, 4.69) is 5.32 Å². The summed E-state index contributed by atoms with van der Waals surface area (Å²) in [4.78, 5) is 29.7. The Labute approximate surface area is 211 Å². The third-order valence-electron chi connectivity index (χ3n) is 5.27. The van der Waals surface area contributed by atoms with E-state index >= 15 is 0 Å². The molecule has 1 atom stereocenters. The van der Waals surface area contributed by atoms with Gasteiger partial charge in [-0.05, 0) is 49.2 Å². The molecule has 0 aliphatic carbocycles. The van der Waals surface area contributed by atoms with Crippen molar-refractivity contribution in [3.63, 3.8) is 0 Å². The first-order chi connectivity index (χ1) is 16.4. The van der Waals surface area contributed by atoms with Crippen LogP contribution in [0.25, 0.3) is 0 Å². The van der Waals surface area contributed by atoms with Crippen LogP contribution in [-0.2, 0) is 22.6 Å². The Bertz CT molecular complexity index is 1060. The molecule has 0 aromatic heterocycles. The van der Waals surface area contributed by atoms with E-state index < -0.39 is 6.04 Å². The minimum absolute atomic E-state index is 0.0254. The number of amides is 2. The monoisotopic (exact) mass is 494 g/mol. The van der Waals surface area contributed by atoms with Crippen molar-refractivity contribution in [2.24, 2.45) is 0 Å². The molecule has 34 heavy (non-hydrogen) atoms. The van der Waals surface area contributed by atoms with E-state index in [-0.39, 0.29) is 17.9 Å². The summed E-state index contributed by atoms with van der Waals surface area (Å²) in [6.45, 7) is 4.17. The summed E-state index contributed by atoms with van der Waals surface area (Å²) in [5.74, 6) is 0.437. The topological polar surface area (TPSA) is 49.4 Å². The standard InChI is InChI=1S/C28H31ClN2O2S/c1-21(2)30-28(33)26(19-22-10-5-3-6-11-22)31(20-23-12-9-13-24(29)18-23)27(32)16-17-34-25-14-7-4-8-15-25/h3-15,18,21,26H,16-17,19-20H2,1-2H3,(H,30,33)/t26-/m0/s1. The van der Waals surface area contributed by atoms with E-state index in [0.29, 0.717) is 30.2 Å². The Hall–Kier alpha value is -2.76. The molecule has 4 nitrogen and oxygen atoms in total. The molecule has 0 saturated carbocycles. The number of hydrogen-bond donors (Lipinski definition) is 1. The predicted molar refractivity (Wildman–Crippen MR) is 141 cm³/mol. The fourth-order valence-electron chi connectivity index (χ4n) is 3.68. The van der Waals surface area contributed by atoms with Gasteiger partial charge in [0.05, 0.1) is 0 Å². The molecule has 1 N–H and O–H groups in total. The molecule has 0 fully saturated rings. The molecular formula is C28H31ClN2O2S. The molecule has 0 saturated heterocycles. The van der Waals surface area contributed by atoms with Gasteiger partial charge in [-0.2, -0.15) is 0 Å². The maximum atomic E-state index is 13.5. The molecule has 3 rings (SSSR count). The number of carbonyl (C=O) groups is 2. The van der Waals surface area contributed by atoms with Crippen LogP contribution in [0.3, 0.4) is 0 Å². The minimum Gasteiger partial charge on any atom is -0.352 e. The van der Waals surface area contributed by atoms with Gasteiger partial charge in [0, 0.05) is 41.1 Å². The van der Waals surface area contributed by atoms with Crippen molar-refractivity contribution >= 4 is 35.2 Å². The number of carbonyl (C=O) groups excluding carboxylic acids is 2. The van der Waals surface area contributed by atoms with Crippen LogP contribution in [-0.4, -0.2) is 34.6 Å². The first-order valence-corrected chi connectivity index (χ1v) is 12.8.